The average Bonchev–Trinajstić information content (AvgIpc) is 2.08. The molecule has 0 aliphatic carbocycles. The van der Waals surface area contributed by atoms with Crippen LogP contribution in [-0.2, 0) is 0 Å². The zero-order chi connectivity index (χ0) is 8.74. The Labute approximate surface area is 73.7 Å². The number of rotatable bonds is 3. The van der Waals surface area contributed by atoms with Gasteiger partial charge in [0.25, 0.3) is 0 Å². The van der Waals surface area contributed by atoms with Crippen LogP contribution in [0.1, 0.15) is 20.8 Å². The Bertz CT molecular complexity index is 192. The molecule has 0 atom stereocenters. The molecule has 11 heavy (non-hydrogen) atoms. The number of hydrogen-bond donors (Lipinski definition) is 0. The van der Waals surface area contributed by atoms with Crippen molar-refractivity contribution < 1.29 is 0 Å². The van der Waals surface area contributed by atoms with Gasteiger partial charge in [-0.2, -0.15) is 0 Å². The van der Waals surface area contributed by atoms with Crippen molar-refractivity contribution in [2.75, 3.05) is 0 Å². The topological polar surface area (TPSA) is 23.8 Å². The molecule has 0 unspecified atom stereocenters. The molecular formula is C9H15NSn. The third-order valence-electron chi connectivity index (χ3n) is 2.41. The van der Waals surface area contributed by atoms with Gasteiger partial charge in [0, 0.05) is 0 Å². The van der Waals surface area contributed by atoms with Crippen molar-refractivity contribution in [1.82, 2.24) is 0 Å². The van der Waals surface area contributed by atoms with Crippen LogP contribution in [0.15, 0.2) is 0 Å². The van der Waals surface area contributed by atoms with E-state index in [1.165, 1.54) is 13.3 Å². The third-order valence-corrected chi connectivity index (χ3v) is 15.9. The van der Waals surface area contributed by atoms with E-state index in [4.69, 9.17) is 5.26 Å². The van der Waals surface area contributed by atoms with Gasteiger partial charge < -0.3 is 0 Å². The fraction of sp³-hybridized carbons (Fsp3) is 0.667. The monoisotopic (exact) mass is 257 g/mol. The van der Waals surface area contributed by atoms with Crippen molar-refractivity contribution in [3.8, 4) is 15.9 Å². The van der Waals surface area contributed by atoms with E-state index in [-0.39, 0.29) is 0 Å². The normalized spacial score (nSPS) is 9.64. The summed E-state index contributed by atoms with van der Waals surface area (Å²) in [5.74, 6) is 2.59. The van der Waals surface area contributed by atoms with Gasteiger partial charge >= 0.3 is 73.6 Å². The van der Waals surface area contributed by atoms with Crippen LogP contribution in [0, 0.1) is 21.2 Å². The molecule has 2 heteroatoms. The fourth-order valence-electron chi connectivity index (χ4n) is 1.18. The van der Waals surface area contributed by atoms with Crippen LogP contribution in [0.5, 0.6) is 0 Å². The van der Waals surface area contributed by atoms with Gasteiger partial charge in [-0.15, -0.1) is 0 Å². The first-order valence-electron chi connectivity index (χ1n) is 4.16. The van der Waals surface area contributed by atoms with E-state index < -0.39 is 18.4 Å². The van der Waals surface area contributed by atoms with Gasteiger partial charge in [-0.25, -0.2) is 0 Å². The van der Waals surface area contributed by atoms with Crippen LogP contribution in [0.4, 0.5) is 0 Å². The van der Waals surface area contributed by atoms with E-state index in [9.17, 15) is 0 Å². The maximum atomic E-state index is 8.33. The average molecular weight is 256 g/mol. The Morgan fingerprint density at radius 3 is 1.82 bits per heavy atom. The first-order valence-corrected chi connectivity index (χ1v) is 11.6. The van der Waals surface area contributed by atoms with E-state index in [1.807, 2.05) is 6.07 Å². The zero-order valence-corrected chi connectivity index (χ0v) is 10.4. The molecular weight excluding hydrogens is 241 g/mol. The quantitative estimate of drug-likeness (QED) is 0.562. The first kappa shape index (κ1) is 10.8. The van der Waals surface area contributed by atoms with Gasteiger partial charge in [0.1, 0.15) is 0 Å². The van der Waals surface area contributed by atoms with Crippen molar-refractivity contribution in [2.45, 2.75) is 34.1 Å². The summed E-state index contributed by atoms with van der Waals surface area (Å²) in [5.41, 5.74) is 0. The molecule has 0 bridgehead atoms. The van der Waals surface area contributed by atoms with Gasteiger partial charge in [0.15, 0.2) is 0 Å². The SMILES string of the molecule is C[CH2][Sn]([C]#CC#N)([CH2]C)[CH2]C. The molecule has 60 valence electrons. The van der Waals surface area contributed by atoms with E-state index in [0.717, 1.165) is 0 Å². The Morgan fingerprint density at radius 2 is 1.55 bits per heavy atom. The predicted octanol–water partition coefficient (Wildman–Crippen LogP) is 2.56. The predicted molar refractivity (Wildman–Crippen MR) is 50.6 cm³/mol. The number of hydrogen-bond acceptors (Lipinski definition) is 1. The molecule has 0 aromatic rings. The Hall–Kier alpha value is -0.151. The molecule has 0 aromatic heterocycles. The van der Waals surface area contributed by atoms with E-state index in [0.29, 0.717) is 0 Å². The molecule has 0 spiro atoms. The fourth-order valence-corrected chi connectivity index (χ4v) is 7.89. The van der Waals surface area contributed by atoms with Gasteiger partial charge in [0.2, 0.25) is 0 Å². The summed E-state index contributed by atoms with van der Waals surface area (Å²) >= 11 is -2.05. The summed E-state index contributed by atoms with van der Waals surface area (Å²) in [6.07, 6.45) is 0. The summed E-state index contributed by atoms with van der Waals surface area (Å²) in [7, 11) is 0. The van der Waals surface area contributed by atoms with Crippen LogP contribution in [0.3, 0.4) is 0 Å². The number of nitriles is 1. The summed E-state index contributed by atoms with van der Waals surface area (Å²) in [6.45, 7) is 6.65. The Kier molecular flexibility index (Phi) is 5.42. The first-order chi connectivity index (χ1) is 5.24. The minimum atomic E-state index is -2.05. The van der Waals surface area contributed by atoms with Crippen LogP contribution in [-0.4, -0.2) is 18.4 Å². The molecule has 0 N–H and O–H groups in total. The number of nitrogens with zero attached hydrogens (tertiary/aromatic N) is 1. The van der Waals surface area contributed by atoms with Crippen molar-refractivity contribution in [3.05, 3.63) is 0 Å². The van der Waals surface area contributed by atoms with Crippen molar-refractivity contribution >= 4 is 18.4 Å². The summed E-state index contributed by atoms with van der Waals surface area (Å²) in [6, 6.07) is 1.92. The van der Waals surface area contributed by atoms with Crippen LogP contribution < -0.4 is 0 Å². The standard InChI is InChI=1S/C3N.3C2H5.Sn/c1-2-3-4;3*1-2;/h;3*1H2,2H3;. The van der Waals surface area contributed by atoms with E-state index in [1.54, 1.807) is 0 Å². The summed E-state index contributed by atoms with van der Waals surface area (Å²) in [4.78, 5) is 0. The molecule has 0 saturated carbocycles. The maximum absolute atomic E-state index is 8.33. The van der Waals surface area contributed by atoms with Gasteiger partial charge in [0.05, 0.1) is 0 Å². The van der Waals surface area contributed by atoms with E-state index >= 15 is 0 Å². The molecule has 0 fully saturated rings. The molecule has 0 saturated heterocycles. The molecule has 0 radical (unpaired) electrons. The van der Waals surface area contributed by atoms with Gasteiger partial charge in [-0.1, -0.05) is 0 Å². The summed E-state index contributed by atoms with van der Waals surface area (Å²) < 4.78 is 6.97. The van der Waals surface area contributed by atoms with Crippen molar-refractivity contribution in [1.29, 1.82) is 5.26 Å². The molecule has 0 amide bonds. The molecule has 0 aliphatic heterocycles. The molecule has 0 aromatic carbocycles. The van der Waals surface area contributed by atoms with Gasteiger partial charge in [-0.05, 0) is 0 Å². The minimum absolute atomic E-state index is 1.25. The second-order valence-electron chi connectivity index (χ2n) is 2.70. The van der Waals surface area contributed by atoms with Crippen LogP contribution in [0.25, 0.3) is 0 Å². The Balaban J connectivity index is 4.44. The van der Waals surface area contributed by atoms with E-state index in [2.05, 4.69) is 30.6 Å². The molecule has 0 aliphatic rings. The Morgan fingerprint density at radius 1 is 1.09 bits per heavy atom. The van der Waals surface area contributed by atoms with Crippen LogP contribution >= 0.6 is 0 Å². The molecule has 1 nitrogen and oxygen atoms in total. The molecule has 0 heterocycles. The summed E-state index contributed by atoms with van der Waals surface area (Å²) in [5, 5.41) is 8.33. The zero-order valence-electron chi connectivity index (χ0n) is 7.57. The van der Waals surface area contributed by atoms with Crippen molar-refractivity contribution in [3.63, 3.8) is 0 Å². The third kappa shape index (κ3) is 3.16. The van der Waals surface area contributed by atoms with Crippen LogP contribution in [0.2, 0.25) is 13.3 Å². The van der Waals surface area contributed by atoms with Crippen molar-refractivity contribution in [2.24, 2.45) is 0 Å². The molecule has 0 rings (SSSR count). The van der Waals surface area contributed by atoms with Gasteiger partial charge in [-0.3, -0.25) is 0 Å². The second-order valence-corrected chi connectivity index (χ2v) is 16.8. The second kappa shape index (κ2) is 5.49.